The van der Waals surface area contributed by atoms with Crippen molar-refractivity contribution in [3.05, 3.63) is 0 Å². The van der Waals surface area contributed by atoms with Gasteiger partial charge in [0, 0.05) is 32.5 Å². The molecule has 0 unspecified atom stereocenters. The lowest BCUT2D eigenvalue weighted by molar-refractivity contribution is -0.135. The van der Waals surface area contributed by atoms with E-state index in [1.54, 1.807) is 0 Å². The Labute approximate surface area is 103 Å². The van der Waals surface area contributed by atoms with Crippen LogP contribution in [0.3, 0.4) is 0 Å². The van der Waals surface area contributed by atoms with Gasteiger partial charge in [-0.25, -0.2) is 0 Å². The van der Waals surface area contributed by atoms with E-state index in [-0.39, 0.29) is 5.91 Å². The van der Waals surface area contributed by atoms with E-state index >= 15 is 0 Å². The highest BCUT2D eigenvalue weighted by Crippen LogP contribution is 2.29. The SMILES string of the molecule is CCN(CC(=O)N1CCC(=O)CC1)CC1CC1. The number of likely N-dealkylation sites (N-methyl/N-ethyl adjacent to an activating group) is 1. The maximum atomic E-state index is 12.0. The number of hydrogen-bond donors (Lipinski definition) is 0. The van der Waals surface area contributed by atoms with Gasteiger partial charge in [0.15, 0.2) is 0 Å². The van der Waals surface area contributed by atoms with Crippen LogP contribution in [0.1, 0.15) is 32.6 Å². The summed E-state index contributed by atoms with van der Waals surface area (Å²) in [6.07, 6.45) is 3.73. The van der Waals surface area contributed by atoms with Gasteiger partial charge in [-0.05, 0) is 25.3 Å². The Bertz CT molecular complexity index is 290. The zero-order valence-corrected chi connectivity index (χ0v) is 10.7. The molecule has 2 fully saturated rings. The smallest absolute Gasteiger partial charge is 0.236 e. The first-order valence-electron chi connectivity index (χ1n) is 6.71. The van der Waals surface area contributed by atoms with E-state index in [1.165, 1.54) is 12.8 Å². The molecule has 0 atom stereocenters. The summed E-state index contributed by atoms with van der Waals surface area (Å²) in [5, 5.41) is 0. The summed E-state index contributed by atoms with van der Waals surface area (Å²) in [5.41, 5.74) is 0. The summed E-state index contributed by atoms with van der Waals surface area (Å²) in [7, 11) is 0. The monoisotopic (exact) mass is 238 g/mol. The van der Waals surface area contributed by atoms with Gasteiger partial charge in [0.2, 0.25) is 5.91 Å². The second kappa shape index (κ2) is 5.63. The molecule has 0 spiro atoms. The minimum Gasteiger partial charge on any atom is -0.341 e. The average Bonchev–Trinajstić information content (AvgIpc) is 3.13. The summed E-state index contributed by atoms with van der Waals surface area (Å²) in [5.74, 6) is 1.31. The van der Waals surface area contributed by atoms with Crippen molar-refractivity contribution in [1.29, 1.82) is 0 Å². The van der Waals surface area contributed by atoms with Gasteiger partial charge in [0.1, 0.15) is 5.78 Å². The third-order valence-corrected chi connectivity index (χ3v) is 3.69. The molecule has 0 aromatic carbocycles. The zero-order valence-electron chi connectivity index (χ0n) is 10.7. The molecule has 96 valence electrons. The van der Waals surface area contributed by atoms with E-state index < -0.39 is 0 Å². The molecule has 1 saturated heterocycles. The summed E-state index contributed by atoms with van der Waals surface area (Å²) in [4.78, 5) is 27.2. The van der Waals surface area contributed by atoms with Crippen LogP contribution in [0.5, 0.6) is 0 Å². The standard InChI is InChI=1S/C13H22N2O2/c1-2-14(9-11-3-4-11)10-13(17)15-7-5-12(16)6-8-15/h11H,2-10H2,1H3. The fourth-order valence-electron chi connectivity index (χ4n) is 2.27. The normalized spacial score (nSPS) is 21.1. The lowest BCUT2D eigenvalue weighted by Crippen LogP contribution is -2.44. The molecule has 1 aliphatic carbocycles. The Kier molecular flexibility index (Phi) is 4.15. The highest BCUT2D eigenvalue weighted by atomic mass is 16.2. The van der Waals surface area contributed by atoms with E-state index in [0.29, 0.717) is 38.3 Å². The highest BCUT2D eigenvalue weighted by Gasteiger charge is 2.26. The van der Waals surface area contributed by atoms with Gasteiger partial charge < -0.3 is 4.90 Å². The minimum absolute atomic E-state index is 0.194. The fraction of sp³-hybridized carbons (Fsp3) is 0.846. The van der Waals surface area contributed by atoms with Gasteiger partial charge in [-0.1, -0.05) is 6.92 Å². The van der Waals surface area contributed by atoms with Crippen LogP contribution in [-0.2, 0) is 9.59 Å². The number of nitrogens with zero attached hydrogens (tertiary/aromatic N) is 2. The molecule has 0 N–H and O–H groups in total. The van der Waals surface area contributed by atoms with Crippen LogP contribution in [0.15, 0.2) is 0 Å². The largest absolute Gasteiger partial charge is 0.341 e. The molecule has 2 rings (SSSR count). The summed E-state index contributed by atoms with van der Waals surface area (Å²) < 4.78 is 0. The Hall–Kier alpha value is -0.900. The molecule has 0 radical (unpaired) electrons. The molecular formula is C13H22N2O2. The van der Waals surface area contributed by atoms with Crippen LogP contribution in [-0.4, -0.2) is 54.2 Å². The molecule has 0 aromatic heterocycles. The number of carbonyl (C=O) groups is 2. The molecule has 4 heteroatoms. The number of ketones is 1. The molecule has 1 aliphatic heterocycles. The van der Waals surface area contributed by atoms with Gasteiger partial charge >= 0.3 is 0 Å². The van der Waals surface area contributed by atoms with Crippen molar-refractivity contribution in [3.8, 4) is 0 Å². The maximum absolute atomic E-state index is 12.0. The molecule has 0 aromatic rings. The third kappa shape index (κ3) is 3.80. The van der Waals surface area contributed by atoms with Crippen LogP contribution in [0.2, 0.25) is 0 Å². The summed E-state index contributed by atoms with van der Waals surface area (Å²) in [6, 6.07) is 0. The van der Waals surface area contributed by atoms with Crippen LogP contribution in [0.25, 0.3) is 0 Å². The quantitative estimate of drug-likeness (QED) is 0.715. The Morgan fingerprint density at radius 3 is 2.53 bits per heavy atom. The van der Waals surface area contributed by atoms with Crippen molar-refractivity contribution in [2.24, 2.45) is 5.92 Å². The van der Waals surface area contributed by atoms with Crippen molar-refractivity contribution in [1.82, 2.24) is 9.80 Å². The molecule has 2 aliphatic rings. The predicted octanol–water partition coefficient (Wildman–Crippen LogP) is 0.910. The van der Waals surface area contributed by atoms with E-state index in [2.05, 4.69) is 11.8 Å². The molecule has 1 saturated carbocycles. The van der Waals surface area contributed by atoms with Crippen LogP contribution in [0, 0.1) is 5.92 Å². The second-order valence-corrected chi connectivity index (χ2v) is 5.19. The summed E-state index contributed by atoms with van der Waals surface area (Å²) in [6.45, 7) is 5.89. The van der Waals surface area contributed by atoms with Crippen LogP contribution >= 0.6 is 0 Å². The molecular weight excluding hydrogens is 216 g/mol. The van der Waals surface area contributed by atoms with E-state index in [1.807, 2.05) is 4.90 Å². The first-order valence-corrected chi connectivity index (χ1v) is 6.71. The van der Waals surface area contributed by atoms with E-state index in [0.717, 1.165) is 19.0 Å². The van der Waals surface area contributed by atoms with Gasteiger partial charge in [-0.3, -0.25) is 14.5 Å². The Balaban J connectivity index is 1.76. The lowest BCUT2D eigenvalue weighted by Gasteiger charge is -2.29. The lowest BCUT2D eigenvalue weighted by atomic mass is 10.1. The maximum Gasteiger partial charge on any atom is 0.236 e. The number of hydrogen-bond acceptors (Lipinski definition) is 3. The molecule has 17 heavy (non-hydrogen) atoms. The van der Waals surface area contributed by atoms with Crippen LogP contribution < -0.4 is 0 Å². The van der Waals surface area contributed by atoms with Gasteiger partial charge in [0.25, 0.3) is 0 Å². The number of piperidine rings is 1. The van der Waals surface area contributed by atoms with Crippen molar-refractivity contribution < 1.29 is 9.59 Å². The average molecular weight is 238 g/mol. The number of likely N-dealkylation sites (tertiary alicyclic amines) is 1. The zero-order chi connectivity index (χ0) is 12.3. The predicted molar refractivity (Wildman–Crippen MR) is 65.7 cm³/mol. The van der Waals surface area contributed by atoms with Crippen molar-refractivity contribution in [2.45, 2.75) is 32.6 Å². The first kappa shape index (κ1) is 12.6. The summed E-state index contributed by atoms with van der Waals surface area (Å²) >= 11 is 0. The molecule has 0 bridgehead atoms. The minimum atomic E-state index is 0.194. The van der Waals surface area contributed by atoms with Gasteiger partial charge in [-0.15, -0.1) is 0 Å². The van der Waals surface area contributed by atoms with Crippen molar-refractivity contribution in [3.63, 3.8) is 0 Å². The number of carbonyl (C=O) groups excluding carboxylic acids is 2. The number of Topliss-reactive ketones (excluding diaryl/α,β-unsaturated/α-hetero) is 1. The van der Waals surface area contributed by atoms with Crippen molar-refractivity contribution in [2.75, 3.05) is 32.7 Å². The van der Waals surface area contributed by atoms with Gasteiger partial charge in [0.05, 0.1) is 6.54 Å². The number of amides is 1. The van der Waals surface area contributed by atoms with Crippen LogP contribution in [0.4, 0.5) is 0 Å². The first-order chi connectivity index (χ1) is 8.19. The van der Waals surface area contributed by atoms with Crippen molar-refractivity contribution >= 4 is 11.7 Å². The molecule has 1 heterocycles. The van der Waals surface area contributed by atoms with E-state index in [9.17, 15) is 9.59 Å². The molecule has 1 amide bonds. The fourth-order valence-corrected chi connectivity index (χ4v) is 2.27. The van der Waals surface area contributed by atoms with Gasteiger partial charge in [-0.2, -0.15) is 0 Å². The second-order valence-electron chi connectivity index (χ2n) is 5.19. The topological polar surface area (TPSA) is 40.6 Å². The number of rotatable bonds is 5. The highest BCUT2D eigenvalue weighted by molar-refractivity contribution is 5.84. The molecule has 4 nitrogen and oxygen atoms in total. The Morgan fingerprint density at radius 1 is 1.35 bits per heavy atom. The third-order valence-electron chi connectivity index (χ3n) is 3.69. The van der Waals surface area contributed by atoms with E-state index in [4.69, 9.17) is 0 Å². The Morgan fingerprint density at radius 2 is 2.00 bits per heavy atom.